The Morgan fingerprint density at radius 3 is 2.00 bits per heavy atom. The third kappa shape index (κ3) is 1.37. The summed E-state index contributed by atoms with van der Waals surface area (Å²) in [5, 5.41) is 0. The number of amides is 1. The molecule has 0 saturated carbocycles. The fourth-order valence-electron chi connectivity index (χ4n) is 1.53. The largest absolute Gasteiger partial charge is 0.310 e. The predicted octanol–water partition coefficient (Wildman–Crippen LogP) is 1.16. The Kier molecular flexibility index (Phi) is 2.09. The molecule has 0 bridgehead atoms. The van der Waals surface area contributed by atoms with Gasteiger partial charge in [-0.2, -0.15) is 0 Å². The van der Waals surface area contributed by atoms with Crippen LogP contribution in [0.4, 0.5) is 0 Å². The topological polar surface area (TPSA) is 17.1 Å². The van der Waals surface area contributed by atoms with Crippen molar-refractivity contribution in [1.29, 1.82) is 0 Å². The van der Waals surface area contributed by atoms with Gasteiger partial charge in [0.1, 0.15) is 0 Å². The lowest BCUT2D eigenvalue weighted by atomic mass is 10.1. The average Bonchev–Trinajstić information content (AvgIpc) is 1.89. The average molecular weight is 142 g/mol. The van der Waals surface area contributed by atoms with Crippen LogP contribution in [0, 0.1) is 0 Å². The van der Waals surface area contributed by atoms with Crippen LogP contribution in [0.15, 0.2) is 0 Å². The van der Waals surface area contributed by atoms with Crippen LogP contribution in [0.2, 0.25) is 0 Å². The smallest absolute Gasteiger partial charge is 0.263 e. The number of hydrogen-bond donors (Lipinski definition) is 0. The summed E-state index contributed by atoms with van der Waals surface area (Å²) in [5.74, 6) is 0.319. The van der Waals surface area contributed by atoms with Crippen molar-refractivity contribution < 1.29 is 9.28 Å². The lowest BCUT2D eigenvalue weighted by molar-refractivity contribution is -0.839. The molecule has 58 valence electrons. The van der Waals surface area contributed by atoms with Gasteiger partial charge in [0, 0.05) is 0 Å². The minimum absolute atomic E-state index is 0.319. The van der Waals surface area contributed by atoms with Crippen LogP contribution < -0.4 is 0 Å². The standard InChI is InChI=1S/C8H16NO/c1-8(10)9(2)6-4-3-5-7-9/h3-7H2,1-2H3/q+1. The molecule has 2 heteroatoms. The molecule has 1 rings (SSSR count). The Morgan fingerprint density at radius 2 is 1.70 bits per heavy atom. The zero-order chi connectivity index (χ0) is 7.61. The molecular weight excluding hydrogens is 126 g/mol. The molecule has 1 aliphatic heterocycles. The van der Waals surface area contributed by atoms with E-state index < -0.39 is 0 Å². The summed E-state index contributed by atoms with van der Waals surface area (Å²) >= 11 is 0. The lowest BCUT2D eigenvalue weighted by Gasteiger charge is -2.33. The molecule has 10 heavy (non-hydrogen) atoms. The van der Waals surface area contributed by atoms with Crippen molar-refractivity contribution in [3.63, 3.8) is 0 Å². The first-order valence-corrected chi connectivity index (χ1v) is 4.01. The Balaban J connectivity index is 2.56. The van der Waals surface area contributed by atoms with Gasteiger partial charge in [-0.15, -0.1) is 0 Å². The van der Waals surface area contributed by atoms with Gasteiger partial charge in [0.15, 0.2) is 0 Å². The fraction of sp³-hybridized carbons (Fsp3) is 0.875. The third-order valence-corrected chi connectivity index (χ3v) is 2.56. The van der Waals surface area contributed by atoms with Gasteiger partial charge in [-0.25, -0.2) is 4.79 Å². The van der Waals surface area contributed by atoms with Crippen LogP contribution in [0.25, 0.3) is 0 Å². The molecule has 1 amide bonds. The van der Waals surface area contributed by atoms with E-state index in [1.165, 1.54) is 19.3 Å². The van der Waals surface area contributed by atoms with Crippen LogP contribution >= 0.6 is 0 Å². The van der Waals surface area contributed by atoms with E-state index in [-0.39, 0.29) is 0 Å². The molecule has 1 fully saturated rings. The first-order valence-electron chi connectivity index (χ1n) is 4.01. The van der Waals surface area contributed by atoms with Gasteiger partial charge in [-0.1, -0.05) is 0 Å². The van der Waals surface area contributed by atoms with Crippen LogP contribution in [0.3, 0.4) is 0 Å². The van der Waals surface area contributed by atoms with E-state index in [9.17, 15) is 4.79 Å². The van der Waals surface area contributed by atoms with Gasteiger partial charge in [0.2, 0.25) is 0 Å². The summed E-state index contributed by atoms with van der Waals surface area (Å²) in [4.78, 5) is 11.1. The molecule has 0 radical (unpaired) electrons. The first kappa shape index (κ1) is 7.73. The van der Waals surface area contributed by atoms with Crippen molar-refractivity contribution in [2.24, 2.45) is 0 Å². The van der Waals surface area contributed by atoms with Crippen LogP contribution in [0.5, 0.6) is 0 Å². The Hall–Kier alpha value is -0.370. The molecule has 0 unspecified atom stereocenters. The predicted molar refractivity (Wildman–Crippen MR) is 40.5 cm³/mol. The summed E-state index contributed by atoms with van der Waals surface area (Å²) in [7, 11) is 2.04. The number of piperidine rings is 1. The molecule has 0 aromatic carbocycles. The Bertz CT molecular complexity index is 136. The number of hydrogen-bond acceptors (Lipinski definition) is 1. The molecule has 0 spiro atoms. The molecule has 0 aromatic heterocycles. The summed E-state index contributed by atoms with van der Waals surface area (Å²) in [5.41, 5.74) is 0. The number of quaternary nitrogens is 1. The molecule has 2 nitrogen and oxygen atoms in total. The second-order valence-corrected chi connectivity index (χ2v) is 3.42. The number of carbonyl (C=O) groups is 1. The van der Waals surface area contributed by atoms with E-state index >= 15 is 0 Å². The molecule has 1 saturated heterocycles. The van der Waals surface area contributed by atoms with Gasteiger partial charge in [-0.3, -0.25) is 4.48 Å². The number of carbonyl (C=O) groups excluding carboxylic acids is 1. The highest BCUT2D eigenvalue weighted by Gasteiger charge is 2.29. The normalized spacial score (nSPS) is 24.2. The Labute approximate surface area is 62.4 Å². The molecule has 0 aromatic rings. The third-order valence-electron chi connectivity index (χ3n) is 2.56. The summed E-state index contributed by atoms with van der Waals surface area (Å²) < 4.78 is 0.667. The van der Waals surface area contributed by atoms with Crippen LogP contribution in [0.1, 0.15) is 26.2 Å². The number of likely N-dealkylation sites (tertiary alicyclic amines) is 1. The zero-order valence-corrected chi connectivity index (χ0v) is 6.89. The van der Waals surface area contributed by atoms with Crippen molar-refractivity contribution in [3.8, 4) is 0 Å². The Morgan fingerprint density at radius 1 is 1.20 bits per heavy atom. The highest BCUT2D eigenvalue weighted by Crippen LogP contribution is 2.15. The first-order chi connectivity index (χ1) is 4.65. The zero-order valence-electron chi connectivity index (χ0n) is 6.89. The summed E-state index contributed by atoms with van der Waals surface area (Å²) in [6.07, 6.45) is 3.74. The van der Waals surface area contributed by atoms with E-state index in [0.29, 0.717) is 10.4 Å². The van der Waals surface area contributed by atoms with E-state index in [4.69, 9.17) is 0 Å². The van der Waals surface area contributed by atoms with Gasteiger partial charge < -0.3 is 0 Å². The molecule has 0 aliphatic carbocycles. The quantitative estimate of drug-likeness (QED) is 0.464. The van der Waals surface area contributed by atoms with E-state index in [1.807, 2.05) is 7.05 Å². The maximum absolute atomic E-state index is 11.1. The van der Waals surface area contributed by atoms with E-state index in [1.54, 1.807) is 6.92 Å². The van der Waals surface area contributed by atoms with Crippen LogP contribution in [-0.4, -0.2) is 30.5 Å². The molecule has 0 N–H and O–H groups in total. The van der Waals surface area contributed by atoms with Gasteiger partial charge in [-0.05, 0) is 19.3 Å². The highest BCUT2D eigenvalue weighted by molar-refractivity contribution is 5.65. The molecular formula is C8H16NO+. The van der Waals surface area contributed by atoms with E-state index in [0.717, 1.165) is 13.1 Å². The number of nitrogens with zero attached hydrogens (tertiary/aromatic N) is 1. The van der Waals surface area contributed by atoms with Gasteiger partial charge >= 0.3 is 5.91 Å². The molecule has 1 heterocycles. The molecule has 1 aliphatic rings. The highest BCUT2D eigenvalue weighted by atomic mass is 16.2. The van der Waals surface area contributed by atoms with E-state index in [2.05, 4.69) is 0 Å². The minimum atomic E-state index is 0.319. The second kappa shape index (κ2) is 2.70. The van der Waals surface area contributed by atoms with Crippen molar-refractivity contribution >= 4 is 5.91 Å². The summed E-state index contributed by atoms with van der Waals surface area (Å²) in [6.45, 7) is 3.80. The fourth-order valence-corrected chi connectivity index (χ4v) is 1.53. The van der Waals surface area contributed by atoms with Crippen molar-refractivity contribution in [3.05, 3.63) is 0 Å². The molecule has 0 atom stereocenters. The maximum atomic E-state index is 11.1. The maximum Gasteiger partial charge on any atom is 0.310 e. The number of rotatable bonds is 0. The summed E-state index contributed by atoms with van der Waals surface area (Å²) in [6, 6.07) is 0. The van der Waals surface area contributed by atoms with Gasteiger partial charge in [0.05, 0.1) is 27.1 Å². The monoisotopic (exact) mass is 142 g/mol. The van der Waals surface area contributed by atoms with Gasteiger partial charge in [0.25, 0.3) is 0 Å². The van der Waals surface area contributed by atoms with Crippen LogP contribution in [-0.2, 0) is 4.79 Å². The lowest BCUT2D eigenvalue weighted by Crippen LogP contribution is -2.51. The second-order valence-electron chi connectivity index (χ2n) is 3.42. The minimum Gasteiger partial charge on any atom is -0.263 e. The SMILES string of the molecule is CC(=O)[N+]1(C)CCCCC1. The van der Waals surface area contributed by atoms with Crippen molar-refractivity contribution in [2.75, 3.05) is 20.1 Å². The van der Waals surface area contributed by atoms with Crippen molar-refractivity contribution in [2.45, 2.75) is 26.2 Å². The van der Waals surface area contributed by atoms with Crippen molar-refractivity contribution in [1.82, 2.24) is 0 Å².